The number of ether oxygens (including phenoxy) is 4. The fraction of sp³-hybridized carbons (Fsp3) is 0.350. The monoisotopic (exact) mass is 870 g/mol. The van der Waals surface area contributed by atoms with E-state index in [9.17, 15) is 14.9 Å². The van der Waals surface area contributed by atoms with Gasteiger partial charge in [-0.25, -0.2) is 19.6 Å². The van der Waals surface area contributed by atoms with Crippen molar-refractivity contribution in [1.29, 1.82) is 10.5 Å². The minimum Gasteiger partial charge on any atom is -0.512 e. The summed E-state index contributed by atoms with van der Waals surface area (Å²) >= 11 is 3.65. The predicted octanol–water partition coefficient (Wildman–Crippen LogP) is 7.22. The summed E-state index contributed by atoms with van der Waals surface area (Å²) in [5.74, 6) is 3.24. The van der Waals surface area contributed by atoms with Crippen LogP contribution in [-0.4, -0.2) is 68.6 Å². The first kappa shape index (κ1) is 41.6. The van der Waals surface area contributed by atoms with Crippen LogP contribution in [0.15, 0.2) is 53.1 Å². The molecule has 0 aliphatic heterocycles. The van der Waals surface area contributed by atoms with Gasteiger partial charge in [0.05, 0.1) is 66.6 Å². The van der Waals surface area contributed by atoms with Crippen LogP contribution in [-0.2, 0) is 53.7 Å². The van der Waals surface area contributed by atoms with E-state index >= 15 is 0 Å². The van der Waals surface area contributed by atoms with Gasteiger partial charge >= 0.3 is 29.0 Å². The van der Waals surface area contributed by atoms with Crippen molar-refractivity contribution in [2.75, 3.05) is 28.4 Å². The van der Waals surface area contributed by atoms with Gasteiger partial charge in [0.1, 0.15) is 34.3 Å². The molecule has 0 atom stereocenters. The number of nitriles is 1. The van der Waals surface area contributed by atoms with Crippen molar-refractivity contribution in [3.63, 3.8) is 0 Å². The smallest absolute Gasteiger partial charge is 0.512 e. The number of rotatable bonds is 10. The van der Waals surface area contributed by atoms with Crippen molar-refractivity contribution < 1.29 is 45.6 Å². The van der Waals surface area contributed by atoms with Gasteiger partial charge in [-0.3, -0.25) is 0 Å². The Labute approximate surface area is 343 Å². The molecule has 0 radical (unpaired) electrons. The van der Waals surface area contributed by atoms with E-state index in [0.717, 1.165) is 57.7 Å². The molecule has 2 fully saturated rings. The average Bonchev–Trinajstić information content (AvgIpc) is 4.08. The third kappa shape index (κ3) is 8.05. The van der Waals surface area contributed by atoms with Crippen LogP contribution < -0.4 is 9.47 Å². The molecule has 294 valence electrons. The molecule has 0 spiro atoms. The number of fused-ring (bicyclic) bond motifs is 2. The number of hydrogen-bond acceptors (Lipinski definition) is 10. The molecule has 0 saturated heterocycles. The molecular formula is C40H40BrCuN8O6. The zero-order valence-corrected chi connectivity index (χ0v) is 34.3. The molecule has 2 aliphatic carbocycles. The molecule has 56 heavy (non-hydrogen) atoms. The number of methoxy groups -OCH3 is 4. The Balaban J connectivity index is 0.000000202. The number of carbonyl (C=O) groups is 2. The fourth-order valence-electron chi connectivity index (χ4n) is 6.76. The topological polar surface area (TPSA) is 164 Å². The molecular weight excluding hydrogens is 832 g/mol. The van der Waals surface area contributed by atoms with E-state index in [1.54, 1.807) is 38.5 Å². The van der Waals surface area contributed by atoms with Gasteiger partial charge in [-0.05, 0) is 102 Å². The third-order valence-corrected chi connectivity index (χ3v) is 10.6. The van der Waals surface area contributed by atoms with E-state index in [1.165, 1.54) is 39.9 Å². The molecule has 0 N–H and O–H groups in total. The van der Waals surface area contributed by atoms with E-state index in [2.05, 4.69) is 32.6 Å². The summed E-state index contributed by atoms with van der Waals surface area (Å²) in [4.78, 5) is 33.5. The van der Waals surface area contributed by atoms with Crippen LogP contribution in [0.25, 0.3) is 45.1 Å². The van der Waals surface area contributed by atoms with Crippen molar-refractivity contribution in [3.8, 4) is 40.6 Å². The average molecular weight is 872 g/mol. The van der Waals surface area contributed by atoms with Gasteiger partial charge in [-0.1, -0.05) is 0 Å². The summed E-state index contributed by atoms with van der Waals surface area (Å²) in [7, 11) is 9.74. The van der Waals surface area contributed by atoms with Gasteiger partial charge < -0.3 is 49.0 Å². The second-order valence-electron chi connectivity index (χ2n) is 13.4. The van der Waals surface area contributed by atoms with Gasteiger partial charge in [0.25, 0.3) is 0 Å². The zero-order valence-electron chi connectivity index (χ0n) is 31.7. The van der Waals surface area contributed by atoms with E-state index in [1.807, 2.05) is 46.0 Å². The number of esters is 2. The summed E-state index contributed by atoms with van der Waals surface area (Å²) in [6, 6.07) is 16.9. The van der Waals surface area contributed by atoms with E-state index in [-0.39, 0.29) is 17.1 Å². The van der Waals surface area contributed by atoms with E-state index in [4.69, 9.17) is 40.7 Å². The Bertz CT molecular complexity index is 2480. The van der Waals surface area contributed by atoms with Crippen molar-refractivity contribution in [2.24, 2.45) is 25.9 Å². The van der Waals surface area contributed by atoms with Crippen LogP contribution in [0.4, 0.5) is 0 Å². The number of nitrogens with zero attached hydrogens (tertiary/aromatic N) is 8. The molecule has 2 saturated carbocycles. The molecule has 4 aromatic heterocycles. The van der Waals surface area contributed by atoms with Gasteiger partial charge in [0.15, 0.2) is 11.6 Å². The zero-order chi connectivity index (χ0) is 39.6. The molecule has 0 amide bonds. The van der Waals surface area contributed by atoms with Crippen LogP contribution in [0, 0.1) is 35.0 Å². The minimum absolute atomic E-state index is 0. The SMILES string of the molecule is COC(=O)c1cc(OC)c2c(c1)nc(-c1ccc(Br)n1CC1CC1)n2C.COC(=O)c1cc(OC)c2c(c1)nc(-c1ccc(C#N)n1CC1CC1)n2C.[C-]#N.[Cu+]. The van der Waals surface area contributed by atoms with Crippen LogP contribution in [0.3, 0.4) is 0 Å². The van der Waals surface area contributed by atoms with Gasteiger partial charge in [-0.2, -0.15) is 5.26 Å². The Morgan fingerprint density at radius 2 is 1.18 bits per heavy atom. The predicted molar refractivity (Wildman–Crippen MR) is 207 cm³/mol. The van der Waals surface area contributed by atoms with Crippen LogP contribution in [0.1, 0.15) is 52.1 Å². The number of benzene rings is 2. The summed E-state index contributed by atoms with van der Waals surface area (Å²) in [6.07, 6.45) is 4.95. The molecule has 4 heterocycles. The number of carbonyl (C=O) groups excluding carboxylic acids is 2. The Kier molecular flexibility index (Phi) is 13.0. The number of halogens is 1. The maximum absolute atomic E-state index is 12.0. The first-order chi connectivity index (χ1) is 26.6. The summed E-state index contributed by atoms with van der Waals surface area (Å²) in [5.41, 5.74) is 6.37. The quantitative estimate of drug-likeness (QED) is 0.0780. The standard InChI is InChI=1S/C20H20N4O3.C19H20BrN3O3.CN.Cu/c1-23-18-15(8-13(20(25)27-3)9-17(18)26-2)22-19(23)16-7-6-14(10-21)24(16)11-12-4-5-12;1-22-17-13(8-12(19(24)26-3)9-15(17)25-2)21-18(22)14-6-7-16(20)23(14)10-11-4-5-11;1-2;/h6-9,12H,4-5,11H2,1-3H3;6-9,11H,4-5,10H2,1-3H3;;/q;;-1;+1. The Morgan fingerprint density at radius 3 is 1.59 bits per heavy atom. The Morgan fingerprint density at radius 1 is 0.750 bits per heavy atom. The fourth-order valence-corrected chi connectivity index (χ4v) is 7.23. The number of aryl methyl sites for hydroxylation is 2. The first-order valence-corrected chi connectivity index (χ1v) is 18.3. The Hall–Kier alpha value is -5.54. The van der Waals surface area contributed by atoms with Gasteiger partial charge in [0.2, 0.25) is 0 Å². The van der Waals surface area contributed by atoms with E-state index < -0.39 is 11.9 Å². The normalized spacial score (nSPS) is 13.1. The molecule has 8 rings (SSSR count). The number of imidazole rings is 2. The first-order valence-electron chi connectivity index (χ1n) is 17.5. The molecule has 14 nitrogen and oxygen atoms in total. The van der Waals surface area contributed by atoms with Gasteiger partial charge in [0, 0.05) is 27.2 Å². The number of aromatic nitrogens is 6. The maximum Gasteiger partial charge on any atom is 1.00 e. The molecule has 2 aromatic carbocycles. The molecule has 0 bridgehead atoms. The van der Waals surface area contributed by atoms with E-state index in [0.29, 0.717) is 45.3 Å². The summed E-state index contributed by atoms with van der Waals surface area (Å²) in [5, 5.41) is 15.7. The molecule has 6 aromatic rings. The minimum atomic E-state index is -0.439. The van der Waals surface area contributed by atoms with Gasteiger partial charge in [-0.15, -0.1) is 0 Å². The molecule has 0 unspecified atom stereocenters. The largest absolute Gasteiger partial charge is 1.00 e. The summed E-state index contributed by atoms with van der Waals surface area (Å²) in [6.45, 7) is 6.55. The van der Waals surface area contributed by atoms with Crippen molar-refractivity contribution in [1.82, 2.24) is 28.2 Å². The summed E-state index contributed by atoms with van der Waals surface area (Å²) < 4.78 is 30.0. The van der Waals surface area contributed by atoms with Crippen molar-refractivity contribution >= 4 is 49.9 Å². The van der Waals surface area contributed by atoms with Crippen LogP contribution in [0.5, 0.6) is 11.5 Å². The number of hydrogen-bond donors (Lipinski definition) is 0. The molecule has 2 aliphatic rings. The van der Waals surface area contributed by atoms with Crippen molar-refractivity contribution in [3.05, 3.63) is 76.5 Å². The third-order valence-electron chi connectivity index (χ3n) is 9.91. The van der Waals surface area contributed by atoms with Crippen LogP contribution >= 0.6 is 15.9 Å². The van der Waals surface area contributed by atoms with Crippen molar-refractivity contribution in [2.45, 2.75) is 38.8 Å². The van der Waals surface area contributed by atoms with Crippen LogP contribution in [0.2, 0.25) is 0 Å². The second-order valence-corrected chi connectivity index (χ2v) is 14.2. The second kappa shape index (κ2) is 17.5. The molecule has 16 heteroatoms. The maximum atomic E-state index is 12.0.